The molecule has 0 saturated heterocycles. The normalized spacial score (nSPS) is 15.6. The van der Waals surface area contributed by atoms with Crippen molar-refractivity contribution in [2.75, 3.05) is 5.75 Å². The van der Waals surface area contributed by atoms with Crippen LogP contribution in [-0.4, -0.2) is 41.9 Å². The molecule has 112 valence electrons. The molecular weight excluding hydrogens is 270 g/mol. The Hall–Kier alpha value is -1.11. The van der Waals surface area contributed by atoms with E-state index in [0.717, 1.165) is 0 Å². The second-order valence-corrected chi connectivity index (χ2v) is 7.80. The summed E-state index contributed by atoms with van der Waals surface area (Å²) in [4.78, 5) is 22.6. The Morgan fingerprint density at radius 3 is 2.11 bits per heavy atom. The first-order valence-electron chi connectivity index (χ1n) is 6.19. The lowest BCUT2D eigenvalue weighted by Crippen LogP contribution is -2.49. The summed E-state index contributed by atoms with van der Waals surface area (Å²) >= 11 is 0. The van der Waals surface area contributed by atoms with Gasteiger partial charge in [0, 0.05) is 5.54 Å². The first-order chi connectivity index (χ1) is 8.43. The predicted molar refractivity (Wildman–Crippen MR) is 72.6 cm³/mol. The Kier molecular flexibility index (Phi) is 5.99. The highest BCUT2D eigenvalue weighted by Gasteiger charge is 2.33. The molecule has 2 atom stereocenters. The lowest BCUT2D eigenvalue weighted by atomic mass is 10.0. The van der Waals surface area contributed by atoms with E-state index in [1.807, 2.05) is 6.92 Å². The number of carbonyl (C=O) groups excluding carboxylic acids is 1. The fraction of sp³-hybridized carbons (Fsp3) is 0.833. The van der Waals surface area contributed by atoms with Crippen molar-refractivity contribution in [1.29, 1.82) is 0 Å². The van der Waals surface area contributed by atoms with E-state index in [2.05, 4.69) is 5.32 Å². The minimum Gasteiger partial charge on any atom is -0.481 e. The van der Waals surface area contributed by atoms with E-state index in [1.54, 1.807) is 13.8 Å². The summed E-state index contributed by atoms with van der Waals surface area (Å²) in [6, 6.07) is 0. The van der Waals surface area contributed by atoms with Crippen molar-refractivity contribution in [3.8, 4) is 0 Å². The van der Waals surface area contributed by atoms with Gasteiger partial charge in [0.15, 0.2) is 9.84 Å². The SMILES string of the molecule is CCC(C)(C)NC(=O)C(C)S(=O)(=O)CC(C)C(=O)O. The van der Waals surface area contributed by atoms with Gasteiger partial charge in [0.25, 0.3) is 0 Å². The lowest BCUT2D eigenvalue weighted by molar-refractivity contribution is -0.140. The molecule has 0 aromatic heterocycles. The molecule has 0 aromatic carbocycles. The number of aliphatic carboxylic acids is 1. The van der Waals surface area contributed by atoms with Crippen LogP contribution in [0.25, 0.3) is 0 Å². The maximum atomic E-state index is 11.9. The van der Waals surface area contributed by atoms with Crippen LogP contribution in [0.15, 0.2) is 0 Å². The van der Waals surface area contributed by atoms with Gasteiger partial charge in [-0.25, -0.2) is 8.42 Å². The number of rotatable bonds is 7. The van der Waals surface area contributed by atoms with Crippen LogP contribution >= 0.6 is 0 Å². The van der Waals surface area contributed by atoms with Crippen LogP contribution in [-0.2, 0) is 19.4 Å². The number of carboxylic acid groups (broad SMARTS) is 1. The zero-order valence-corrected chi connectivity index (χ0v) is 12.9. The maximum Gasteiger partial charge on any atom is 0.307 e. The highest BCUT2D eigenvalue weighted by atomic mass is 32.2. The zero-order valence-electron chi connectivity index (χ0n) is 12.1. The molecule has 0 spiro atoms. The van der Waals surface area contributed by atoms with Crippen molar-refractivity contribution in [3.63, 3.8) is 0 Å². The van der Waals surface area contributed by atoms with Crippen molar-refractivity contribution in [2.45, 2.75) is 51.8 Å². The number of hydrogen-bond acceptors (Lipinski definition) is 4. The first kappa shape index (κ1) is 17.9. The molecule has 1 amide bonds. The number of carboxylic acids is 1. The molecule has 0 aliphatic heterocycles. The Morgan fingerprint density at radius 1 is 1.26 bits per heavy atom. The van der Waals surface area contributed by atoms with Crippen molar-refractivity contribution >= 4 is 21.7 Å². The topological polar surface area (TPSA) is 101 Å². The lowest BCUT2D eigenvalue weighted by Gasteiger charge is -2.26. The molecule has 0 fully saturated rings. The molecule has 0 bridgehead atoms. The molecule has 0 heterocycles. The average molecular weight is 293 g/mol. The molecule has 19 heavy (non-hydrogen) atoms. The summed E-state index contributed by atoms with van der Waals surface area (Å²) in [5, 5.41) is 10.1. The summed E-state index contributed by atoms with van der Waals surface area (Å²) < 4.78 is 23.9. The van der Waals surface area contributed by atoms with Gasteiger partial charge >= 0.3 is 5.97 Å². The molecule has 0 aliphatic rings. The molecule has 2 N–H and O–H groups in total. The van der Waals surface area contributed by atoms with Gasteiger partial charge in [0.1, 0.15) is 5.25 Å². The summed E-state index contributed by atoms with van der Waals surface area (Å²) in [5.41, 5.74) is -0.487. The predicted octanol–water partition coefficient (Wildman–Crippen LogP) is 0.815. The van der Waals surface area contributed by atoms with Crippen LogP contribution in [0, 0.1) is 5.92 Å². The largest absolute Gasteiger partial charge is 0.481 e. The number of amides is 1. The third kappa shape index (κ3) is 5.59. The molecule has 0 radical (unpaired) electrons. The molecule has 0 aliphatic carbocycles. The molecule has 0 aromatic rings. The maximum absolute atomic E-state index is 11.9. The van der Waals surface area contributed by atoms with Gasteiger partial charge in [-0.1, -0.05) is 13.8 Å². The summed E-state index contributed by atoms with van der Waals surface area (Å²) in [5.74, 6) is -3.35. The van der Waals surface area contributed by atoms with Gasteiger partial charge in [0.2, 0.25) is 5.91 Å². The fourth-order valence-electron chi connectivity index (χ4n) is 1.25. The van der Waals surface area contributed by atoms with Crippen LogP contribution < -0.4 is 5.32 Å². The van der Waals surface area contributed by atoms with Crippen LogP contribution in [0.1, 0.15) is 41.0 Å². The van der Waals surface area contributed by atoms with E-state index in [9.17, 15) is 18.0 Å². The summed E-state index contributed by atoms with van der Waals surface area (Å²) in [7, 11) is -3.78. The Morgan fingerprint density at radius 2 is 1.74 bits per heavy atom. The zero-order chi connectivity index (χ0) is 15.4. The van der Waals surface area contributed by atoms with Gasteiger partial charge in [-0.15, -0.1) is 0 Å². The molecular formula is C12H23NO5S. The van der Waals surface area contributed by atoms with E-state index in [1.165, 1.54) is 13.8 Å². The van der Waals surface area contributed by atoms with Gasteiger partial charge in [-0.05, 0) is 27.2 Å². The van der Waals surface area contributed by atoms with Gasteiger partial charge < -0.3 is 10.4 Å². The highest BCUT2D eigenvalue weighted by Crippen LogP contribution is 2.12. The fourth-order valence-corrected chi connectivity index (χ4v) is 2.76. The van der Waals surface area contributed by atoms with Gasteiger partial charge in [-0.3, -0.25) is 9.59 Å². The average Bonchev–Trinajstić information content (AvgIpc) is 2.26. The van der Waals surface area contributed by atoms with Crippen molar-refractivity contribution in [3.05, 3.63) is 0 Å². The second-order valence-electron chi connectivity index (χ2n) is 5.44. The summed E-state index contributed by atoms with van der Waals surface area (Å²) in [6.07, 6.45) is 0.664. The van der Waals surface area contributed by atoms with Crippen molar-refractivity contribution in [2.24, 2.45) is 5.92 Å². The molecule has 6 nitrogen and oxygen atoms in total. The third-order valence-corrected chi connectivity index (χ3v) is 5.41. The third-order valence-electron chi connectivity index (χ3n) is 3.16. The Bertz CT molecular complexity index is 441. The van der Waals surface area contributed by atoms with E-state index in [4.69, 9.17) is 5.11 Å². The van der Waals surface area contributed by atoms with Crippen molar-refractivity contribution in [1.82, 2.24) is 5.32 Å². The first-order valence-corrected chi connectivity index (χ1v) is 7.91. The van der Waals surface area contributed by atoms with Crippen LogP contribution in [0.3, 0.4) is 0 Å². The quantitative estimate of drug-likeness (QED) is 0.723. The molecule has 2 unspecified atom stereocenters. The van der Waals surface area contributed by atoms with Crippen LogP contribution in [0.2, 0.25) is 0 Å². The van der Waals surface area contributed by atoms with E-state index >= 15 is 0 Å². The molecule has 0 saturated carbocycles. The minimum absolute atomic E-state index is 0.487. The minimum atomic E-state index is -3.78. The summed E-state index contributed by atoms with van der Waals surface area (Å²) in [6.45, 7) is 8.06. The van der Waals surface area contributed by atoms with E-state index < -0.39 is 44.2 Å². The Labute approximate surface area is 114 Å². The van der Waals surface area contributed by atoms with E-state index in [0.29, 0.717) is 6.42 Å². The monoisotopic (exact) mass is 293 g/mol. The van der Waals surface area contributed by atoms with Gasteiger partial charge in [-0.2, -0.15) is 0 Å². The number of carbonyl (C=O) groups is 2. The smallest absolute Gasteiger partial charge is 0.307 e. The molecule has 0 rings (SSSR count). The Balaban J connectivity index is 4.85. The van der Waals surface area contributed by atoms with Crippen LogP contribution in [0.5, 0.6) is 0 Å². The highest BCUT2D eigenvalue weighted by molar-refractivity contribution is 7.92. The van der Waals surface area contributed by atoms with Crippen LogP contribution in [0.4, 0.5) is 0 Å². The number of sulfone groups is 1. The standard InChI is InChI=1S/C12H23NO5S/c1-6-12(4,5)13-10(14)9(3)19(17,18)7-8(2)11(15)16/h8-9H,6-7H2,1-5H3,(H,13,14)(H,15,16). The second kappa shape index (κ2) is 6.36. The number of nitrogens with one attached hydrogen (secondary N) is 1. The molecule has 7 heteroatoms. The number of hydrogen-bond donors (Lipinski definition) is 2. The van der Waals surface area contributed by atoms with Gasteiger partial charge in [0.05, 0.1) is 11.7 Å². The van der Waals surface area contributed by atoms with E-state index in [-0.39, 0.29) is 0 Å². The van der Waals surface area contributed by atoms with Crippen molar-refractivity contribution < 1.29 is 23.1 Å².